The SMILES string of the molecule is COc1ccc(C2CNCc3cc(OCCCN4CCC(F)(F)CC4)ncc32)cc1. The summed E-state index contributed by atoms with van der Waals surface area (Å²) >= 11 is 0. The fraction of sp³-hybridized carbons (Fsp3) is 0.522. The van der Waals surface area contributed by atoms with Gasteiger partial charge >= 0.3 is 0 Å². The summed E-state index contributed by atoms with van der Waals surface area (Å²) < 4.78 is 37.6. The van der Waals surface area contributed by atoms with E-state index in [1.54, 1.807) is 7.11 Å². The standard InChI is InChI=1S/C23H29F2N3O2/c1-29-19-5-3-17(4-6-19)20-15-26-14-18-13-22(27-16-21(18)20)30-12-2-9-28-10-7-23(24,25)8-11-28/h3-6,13,16,20,26H,2,7-12,14-15H2,1H3. The topological polar surface area (TPSA) is 46.6 Å². The van der Waals surface area contributed by atoms with Crippen LogP contribution in [0.4, 0.5) is 8.78 Å². The van der Waals surface area contributed by atoms with Crippen LogP contribution < -0.4 is 14.8 Å². The molecule has 0 spiro atoms. The molecule has 1 fully saturated rings. The number of methoxy groups -OCH3 is 1. The molecule has 0 amide bonds. The summed E-state index contributed by atoms with van der Waals surface area (Å²) in [6.45, 7) is 3.90. The van der Waals surface area contributed by atoms with Crippen molar-refractivity contribution in [3.8, 4) is 11.6 Å². The van der Waals surface area contributed by atoms with Crippen LogP contribution in [0, 0.1) is 0 Å². The van der Waals surface area contributed by atoms with Gasteiger partial charge in [-0.3, -0.25) is 0 Å². The minimum atomic E-state index is -2.49. The van der Waals surface area contributed by atoms with E-state index in [-0.39, 0.29) is 18.8 Å². The Morgan fingerprint density at radius 3 is 2.70 bits per heavy atom. The van der Waals surface area contributed by atoms with Gasteiger partial charge in [0.2, 0.25) is 5.88 Å². The van der Waals surface area contributed by atoms with Crippen LogP contribution in [0.15, 0.2) is 36.5 Å². The largest absolute Gasteiger partial charge is 0.497 e. The lowest BCUT2D eigenvalue weighted by atomic mass is 9.87. The highest BCUT2D eigenvalue weighted by atomic mass is 19.3. The summed E-state index contributed by atoms with van der Waals surface area (Å²) in [5, 5.41) is 3.48. The second kappa shape index (κ2) is 9.27. The fourth-order valence-corrected chi connectivity index (χ4v) is 4.19. The van der Waals surface area contributed by atoms with Crippen molar-refractivity contribution in [2.45, 2.75) is 37.6 Å². The van der Waals surface area contributed by atoms with Crippen LogP contribution >= 0.6 is 0 Å². The molecule has 2 aliphatic heterocycles. The summed E-state index contributed by atoms with van der Waals surface area (Å²) in [4.78, 5) is 6.61. The van der Waals surface area contributed by atoms with E-state index in [4.69, 9.17) is 9.47 Å². The predicted molar refractivity (Wildman–Crippen MR) is 112 cm³/mol. The third-order valence-corrected chi connectivity index (χ3v) is 6.01. The normalized spacial score (nSPS) is 21.1. The van der Waals surface area contributed by atoms with Gasteiger partial charge in [0.05, 0.1) is 13.7 Å². The second-order valence-corrected chi connectivity index (χ2v) is 8.08. The molecule has 1 saturated heterocycles. The molecule has 0 saturated carbocycles. The smallest absolute Gasteiger partial charge is 0.250 e. The molecule has 1 unspecified atom stereocenters. The summed E-state index contributed by atoms with van der Waals surface area (Å²) in [5.41, 5.74) is 3.65. The zero-order valence-corrected chi connectivity index (χ0v) is 17.4. The molecule has 1 atom stereocenters. The molecule has 1 N–H and O–H groups in total. The zero-order valence-electron chi connectivity index (χ0n) is 17.4. The maximum absolute atomic E-state index is 13.2. The van der Waals surface area contributed by atoms with Crippen molar-refractivity contribution in [1.29, 1.82) is 0 Å². The van der Waals surface area contributed by atoms with E-state index in [1.165, 1.54) is 16.7 Å². The number of rotatable bonds is 7. The van der Waals surface area contributed by atoms with E-state index in [0.717, 1.165) is 31.8 Å². The average molecular weight is 418 g/mol. The second-order valence-electron chi connectivity index (χ2n) is 8.08. The summed E-state index contributed by atoms with van der Waals surface area (Å²) in [6, 6.07) is 10.2. The number of pyridine rings is 1. The number of piperidine rings is 1. The molecule has 2 aromatic rings. The number of hydrogen-bond donors (Lipinski definition) is 1. The Hall–Kier alpha value is -2.25. The molecule has 1 aromatic heterocycles. The first-order valence-corrected chi connectivity index (χ1v) is 10.6. The van der Waals surface area contributed by atoms with Crippen LogP contribution in [0.2, 0.25) is 0 Å². The van der Waals surface area contributed by atoms with E-state index in [9.17, 15) is 8.78 Å². The Labute approximate surface area is 176 Å². The lowest BCUT2D eigenvalue weighted by molar-refractivity contribution is -0.0554. The first-order valence-electron chi connectivity index (χ1n) is 10.6. The van der Waals surface area contributed by atoms with E-state index in [1.807, 2.05) is 24.4 Å². The monoisotopic (exact) mass is 417 g/mol. The number of likely N-dealkylation sites (tertiary alicyclic amines) is 1. The van der Waals surface area contributed by atoms with Crippen molar-refractivity contribution in [3.63, 3.8) is 0 Å². The summed E-state index contributed by atoms with van der Waals surface area (Å²) in [6.07, 6.45) is 2.65. The van der Waals surface area contributed by atoms with Crippen molar-refractivity contribution >= 4 is 0 Å². The maximum atomic E-state index is 13.2. The average Bonchev–Trinajstić information content (AvgIpc) is 2.77. The number of benzene rings is 1. The van der Waals surface area contributed by atoms with Gasteiger partial charge in [0.1, 0.15) is 5.75 Å². The highest BCUT2D eigenvalue weighted by Gasteiger charge is 2.33. The van der Waals surface area contributed by atoms with E-state index in [2.05, 4.69) is 27.3 Å². The molecule has 0 aliphatic carbocycles. The van der Waals surface area contributed by atoms with Gasteiger partial charge in [-0.1, -0.05) is 12.1 Å². The first kappa shape index (κ1) is 21.0. The number of fused-ring (bicyclic) bond motifs is 1. The molecule has 7 heteroatoms. The van der Waals surface area contributed by atoms with Gasteiger partial charge in [-0.2, -0.15) is 0 Å². The highest BCUT2D eigenvalue weighted by Crippen LogP contribution is 2.32. The lowest BCUT2D eigenvalue weighted by Gasteiger charge is -2.31. The number of alkyl halides is 2. The van der Waals surface area contributed by atoms with Crippen LogP contribution in [-0.4, -0.2) is 55.7 Å². The molecule has 3 heterocycles. The molecule has 4 rings (SSSR count). The number of halogens is 2. The molecule has 30 heavy (non-hydrogen) atoms. The van der Waals surface area contributed by atoms with Gasteiger partial charge in [-0.25, -0.2) is 13.8 Å². The quantitative estimate of drug-likeness (QED) is 0.694. The summed E-state index contributed by atoms with van der Waals surface area (Å²) in [7, 11) is 1.67. The Kier molecular flexibility index (Phi) is 6.49. The van der Waals surface area contributed by atoms with Gasteiger partial charge < -0.3 is 19.7 Å². The number of hydrogen-bond acceptors (Lipinski definition) is 5. The van der Waals surface area contributed by atoms with Gasteiger partial charge in [0, 0.05) is 63.7 Å². The molecular weight excluding hydrogens is 388 g/mol. The number of nitrogens with one attached hydrogen (secondary N) is 1. The Morgan fingerprint density at radius 1 is 1.20 bits per heavy atom. The van der Waals surface area contributed by atoms with E-state index >= 15 is 0 Å². The van der Waals surface area contributed by atoms with E-state index in [0.29, 0.717) is 25.6 Å². The van der Waals surface area contributed by atoms with Crippen LogP contribution in [0.5, 0.6) is 11.6 Å². The highest BCUT2D eigenvalue weighted by molar-refractivity contribution is 5.42. The lowest BCUT2D eigenvalue weighted by Crippen LogP contribution is -2.40. The maximum Gasteiger partial charge on any atom is 0.250 e. The number of ether oxygens (including phenoxy) is 2. The van der Waals surface area contributed by atoms with Crippen LogP contribution in [0.1, 0.15) is 41.9 Å². The minimum Gasteiger partial charge on any atom is -0.497 e. The van der Waals surface area contributed by atoms with Crippen molar-refractivity contribution in [1.82, 2.24) is 15.2 Å². The zero-order chi connectivity index (χ0) is 21.0. The Bertz CT molecular complexity index is 835. The van der Waals surface area contributed by atoms with Gasteiger partial charge in [0.25, 0.3) is 5.92 Å². The third-order valence-electron chi connectivity index (χ3n) is 6.01. The van der Waals surface area contributed by atoms with Gasteiger partial charge in [-0.15, -0.1) is 0 Å². The minimum absolute atomic E-state index is 0.0391. The Balaban J connectivity index is 1.31. The molecule has 2 aliphatic rings. The molecule has 162 valence electrons. The fourth-order valence-electron chi connectivity index (χ4n) is 4.19. The molecule has 5 nitrogen and oxygen atoms in total. The molecule has 0 bridgehead atoms. The first-order chi connectivity index (χ1) is 14.5. The third kappa shape index (κ3) is 5.08. The molecule has 0 radical (unpaired) electrons. The number of aromatic nitrogens is 1. The Morgan fingerprint density at radius 2 is 1.97 bits per heavy atom. The van der Waals surface area contributed by atoms with Crippen molar-refractivity contribution in [2.24, 2.45) is 0 Å². The van der Waals surface area contributed by atoms with Gasteiger partial charge in [0.15, 0.2) is 0 Å². The molecule has 1 aromatic carbocycles. The van der Waals surface area contributed by atoms with Gasteiger partial charge in [-0.05, 0) is 35.2 Å². The van der Waals surface area contributed by atoms with Crippen LogP contribution in [0.25, 0.3) is 0 Å². The van der Waals surface area contributed by atoms with Crippen molar-refractivity contribution < 1.29 is 18.3 Å². The summed E-state index contributed by atoms with van der Waals surface area (Å²) in [5.74, 6) is -0.768. The van der Waals surface area contributed by atoms with Crippen LogP contribution in [-0.2, 0) is 6.54 Å². The number of nitrogens with zero attached hydrogens (tertiary/aromatic N) is 2. The van der Waals surface area contributed by atoms with E-state index < -0.39 is 5.92 Å². The van der Waals surface area contributed by atoms with Crippen molar-refractivity contribution in [2.75, 3.05) is 39.9 Å². The van der Waals surface area contributed by atoms with Crippen molar-refractivity contribution in [3.05, 3.63) is 53.2 Å². The molecular formula is C23H29F2N3O2. The predicted octanol–water partition coefficient (Wildman–Crippen LogP) is 3.83. The van der Waals surface area contributed by atoms with Crippen LogP contribution in [0.3, 0.4) is 0 Å².